The van der Waals surface area contributed by atoms with Gasteiger partial charge < -0.3 is 9.88 Å². The number of carbonyl (C=O) groups is 1. The number of anilines is 1. The molecule has 38 heavy (non-hydrogen) atoms. The van der Waals surface area contributed by atoms with E-state index in [1.54, 1.807) is 35.5 Å². The van der Waals surface area contributed by atoms with Crippen molar-refractivity contribution in [3.8, 4) is 11.4 Å². The molecule has 1 N–H and O–H groups in total. The minimum absolute atomic E-state index is 0.108. The minimum Gasteiger partial charge on any atom is -0.327 e. The second-order valence-electron chi connectivity index (χ2n) is 8.18. The predicted octanol–water partition coefficient (Wildman–Crippen LogP) is 4.33. The van der Waals surface area contributed by atoms with Gasteiger partial charge in [-0.1, -0.05) is 19.2 Å². The lowest BCUT2D eigenvalue weighted by molar-refractivity contribution is 0.102. The van der Waals surface area contributed by atoms with Gasteiger partial charge in [0.15, 0.2) is 11.5 Å². The molecule has 0 radical (unpaired) electrons. The maximum atomic E-state index is 13.4. The number of halogens is 2. The molecule has 5 rings (SSSR count). The highest BCUT2D eigenvalue weighted by Gasteiger charge is 2.18. The van der Waals surface area contributed by atoms with Gasteiger partial charge >= 0.3 is 0 Å². The lowest BCUT2D eigenvalue weighted by Crippen LogP contribution is -2.12. The van der Waals surface area contributed by atoms with Crippen LogP contribution in [0.1, 0.15) is 16.1 Å². The summed E-state index contributed by atoms with van der Waals surface area (Å²) in [6.45, 7) is 8.38. The first kappa shape index (κ1) is 24.4. The van der Waals surface area contributed by atoms with Gasteiger partial charge in [0.05, 0.1) is 30.5 Å². The van der Waals surface area contributed by atoms with Crippen molar-refractivity contribution in [2.75, 3.05) is 5.32 Å². The Hall–Kier alpha value is -5.26. The average Bonchev–Trinajstić information content (AvgIpc) is 3.65. The molecular weight excluding hydrogens is 492 g/mol. The summed E-state index contributed by atoms with van der Waals surface area (Å²) in [6, 6.07) is 7.78. The van der Waals surface area contributed by atoms with Crippen molar-refractivity contribution in [1.82, 2.24) is 38.9 Å². The molecule has 5 heterocycles. The first-order valence-corrected chi connectivity index (χ1v) is 11.4. The summed E-state index contributed by atoms with van der Waals surface area (Å²) in [5.41, 5.74) is 2.78. The van der Waals surface area contributed by atoms with Crippen LogP contribution in [0.5, 0.6) is 0 Å². The zero-order chi connectivity index (χ0) is 26.6. The van der Waals surface area contributed by atoms with Crippen LogP contribution in [0.25, 0.3) is 22.6 Å². The minimum atomic E-state index is -0.758. The molecule has 12 heteroatoms. The normalized spacial score (nSPS) is 11.3. The monoisotopic (exact) mass is 513 g/mol. The number of allylic oxidation sites excluding steroid dienone is 4. The highest BCUT2D eigenvalue weighted by Crippen LogP contribution is 2.28. The van der Waals surface area contributed by atoms with E-state index in [-0.39, 0.29) is 11.4 Å². The fourth-order valence-corrected chi connectivity index (χ4v) is 3.77. The maximum Gasteiger partial charge on any atom is 0.257 e. The van der Waals surface area contributed by atoms with E-state index in [0.29, 0.717) is 41.4 Å². The molecule has 0 aliphatic carbocycles. The number of fused-ring (bicyclic) bond motifs is 1. The fourth-order valence-electron chi connectivity index (χ4n) is 3.77. The van der Waals surface area contributed by atoms with Crippen LogP contribution < -0.4 is 5.32 Å². The van der Waals surface area contributed by atoms with Gasteiger partial charge in [-0.05, 0) is 35.9 Å². The van der Waals surface area contributed by atoms with Crippen LogP contribution in [0.15, 0.2) is 92.6 Å². The van der Waals surface area contributed by atoms with E-state index in [2.05, 4.69) is 43.6 Å². The molecule has 0 unspecified atom stereocenters. The van der Waals surface area contributed by atoms with E-state index in [0.717, 1.165) is 6.07 Å². The van der Waals surface area contributed by atoms with Crippen molar-refractivity contribution in [1.29, 1.82) is 0 Å². The van der Waals surface area contributed by atoms with E-state index in [1.165, 1.54) is 28.9 Å². The number of hydrogen-bond donors (Lipinski definition) is 1. The van der Waals surface area contributed by atoms with Crippen LogP contribution in [0.3, 0.4) is 0 Å². The summed E-state index contributed by atoms with van der Waals surface area (Å²) in [6.07, 6.45) is 10.7. The fraction of sp³-hybridized carbons (Fsp3) is 0.0769. The molecule has 0 spiro atoms. The number of amides is 1. The summed E-state index contributed by atoms with van der Waals surface area (Å²) in [7, 11) is 0. The second-order valence-corrected chi connectivity index (χ2v) is 8.18. The molecule has 0 saturated carbocycles. The van der Waals surface area contributed by atoms with Crippen LogP contribution in [0.4, 0.5) is 14.6 Å². The quantitative estimate of drug-likeness (QED) is 0.232. The van der Waals surface area contributed by atoms with Crippen molar-refractivity contribution in [2.45, 2.75) is 13.1 Å². The number of nitrogens with one attached hydrogen (secondary N) is 1. The third-order valence-corrected chi connectivity index (χ3v) is 5.53. The lowest BCUT2D eigenvalue weighted by atomic mass is 10.1. The number of hydrogen-bond acceptors (Lipinski definition) is 6. The van der Waals surface area contributed by atoms with Gasteiger partial charge in [0, 0.05) is 36.8 Å². The zero-order valence-electron chi connectivity index (χ0n) is 20.0. The molecule has 0 saturated heterocycles. The topological polar surface area (TPSA) is 108 Å². The highest BCUT2D eigenvalue weighted by atomic mass is 19.1. The molecule has 5 aromatic rings. The van der Waals surface area contributed by atoms with Gasteiger partial charge in [0.2, 0.25) is 5.95 Å². The molecular formula is C26H21F2N9O. The Morgan fingerprint density at radius 1 is 1.11 bits per heavy atom. The molecule has 0 atom stereocenters. The van der Waals surface area contributed by atoms with Crippen LogP contribution >= 0.6 is 0 Å². The van der Waals surface area contributed by atoms with Crippen molar-refractivity contribution < 1.29 is 13.6 Å². The first-order valence-electron chi connectivity index (χ1n) is 11.4. The molecule has 1 amide bonds. The summed E-state index contributed by atoms with van der Waals surface area (Å²) in [4.78, 5) is 24.8. The third kappa shape index (κ3) is 5.28. The smallest absolute Gasteiger partial charge is 0.257 e. The van der Waals surface area contributed by atoms with Gasteiger partial charge in [0.1, 0.15) is 11.5 Å². The first-order chi connectivity index (χ1) is 18.4. The Morgan fingerprint density at radius 2 is 1.97 bits per heavy atom. The van der Waals surface area contributed by atoms with Crippen LogP contribution in [0.2, 0.25) is 0 Å². The number of nitrogens with zero attached hydrogens (tertiary/aromatic N) is 8. The molecule has 0 aromatic carbocycles. The second kappa shape index (κ2) is 10.4. The zero-order valence-corrected chi connectivity index (χ0v) is 20.0. The maximum absolute atomic E-state index is 13.4. The van der Waals surface area contributed by atoms with Crippen molar-refractivity contribution >= 4 is 22.9 Å². The Bertz CT molecular complexity index is 1680. The van der Waals surface area contributed by atoms with Crippen molar-refractivity contribution in [2.24, 2.45) is 0 Å². The summed E-state index contributed by atoms with van der Waals surface area (Å²) >= 11 is 0. The molecule has 190 valence electrons. The molecule has 5 aromatic heterocycles. The predicted molar refractivity (Wildman–Crippen MR) is 137 cm³/mol. The number of aromatic nitrogens is 8. The van der Waals surface area contributed by atoms with Gasteiger partial charge in [0.25, 0.3) is 5.91 Å². The van der Waals surface area contributed by atoms with Crippen molar-refractivity contribution in [3.05, 3.63) is 110 Å². The average molecular weight is 514 g/mol. The van der Waals surface area contributed by atoms with Gasteiger partial charge in [-0.2, -0.15) is 14.6 Å². The number of aryl methyl sites for hydroxylation is 2. The largest absolute Gasteiger partial charge is 0.327 e. The Morgan fingerprint density at radius 3 is 2.74 bits per heavy atom. The Kier molecular flexibility index (Phi) is 6.68. The van der Waals surface area contributed by atoms with E-state index in [9.17, 15) is 13.6 Å². The Labute approximate surface area is 215 Å². The highest BCUT2D eigenvalue weighted by molar-refractivity contribution is 6.03. The summed E-state index contributed by atoms with van der Waals surface area (Å²) in [5.74, 6) is -1.66. The van der Waals surface area contributed by atoms with Crippen LogP contribution in [-0.4, -0.2) is 44.8 Å². The van der Waals surface area contributed by atoms with Gasteiger partial charge in [-0.15, -0.1) is 0 Å². The van der Waals surface area contributed by atoms with Gasteiger partial charge in [-0.25, -0.2) is 23.9 Å². The molecule has 0 aliphatic rings. The molecule has 10 nitrogen and oxygen atoms in total. The van der Waals surface area contributed by atoms with Crippen LogP contribution in [-0.2, 0) is 13.1 Å². The number of imidazole rings is 2. The molecule has 0 bridgehead atoms. The third-order valence-electron chi connectivity index (χ3n) is 5.53. The molecule has 0 fully saturated rings. The van der Waals surface area contributed by atoms with E-state index < -0.39 is 17.7 Å². The summed E-state index contributed by atoms with van der Waals surface area (Å²) in [5, 5.41) is 11.5. The lowest BCUT2D eigenvalue weighted by Gasteiger charge is -2.10. The van der Waals surface area contributed by atoms with E-state index in [4.69, 9.17) is 0 Å². The van der Waals surface area contributed by atoms with E-state index in [1.807, 2.05) is 16.8 Å². The number of rotatable bonds is 9. The molecule has 0 aliphatic heterocycles. The number of pyridine rings is 1. The summed E-state index contributed by atoms with van der Waals surface area (Å²) < 4.78 is 31.8. The van der Waals surface area contributed by atoms with Gasteiger partial charge in [-0.3, -0.25) is 9.48 Å². The van der Waals surface area contributed by atoms with Crippen LogP contribution in [0, 0.1) is 5.95 Å². The standard InChI is InChI=1S/C26H21F2N9O/c1-17(4-5-18(2)27)24-25(35(16-30-24)12-13-36-11-3-9-31-36)20-6-7-23-32-22(15-37(23)34-20)33-26(38)19-8-10-29-21(28)14-19/h3-11,14-16H,1-2,12-13H2,(H,33,38)/b5-4-. The number of carbonyl (C=O) groups excluding carboxylic acids is 1. The SMILES string of the molecule is C=C(F)/C=C\C(=C)c1ncn(CCn2cccn2)c1-c1ccc2nc(NC(=O)c3ccnc(F)c3)cn2n1. The van der Waals surface area contributed by atoms with Crippen molar-refractivity contribution in [3.63, 3.8) is 0 Å². The van der Waals surface area contributed by atoms with E-state index >= 15 is 0 Å². The Balaban J connectivity index is 1.48.